The van der Waals surface area contributed by atoms with E-state index in [2.05, 4.69) is 20.9 Å². The molecule has 0 amide bonds. The molecule has 0 aliphatic carbocycles. The highest BCUT2D eigenvalue weighted by atomic mass is 79.9. The monoisotopic (exact) mass is 285 g/mol. The molecule has 0 aliphatic heterocycles. The predicted molar refractivity (Wildman–Crippen MR) is 51.5 cm³/mol. The highest BCUT2D eigenvalue weighted by Crippen LogP contribution is 2.31. The molecule has 72 valence electrons. The average molecular weight is 287 g/mol. The zero-order valence-corrected chi connectivity index (χ0v) is 9.65. The van der Waals surface area contributed by atoms with Crippen molar-refractivity contribution in [1.82, 2.24) is 4.98 Å². The quantitative estimate of drug-likeness (QED) is 0.778. The Labute approximate surface area is 88.4 Å². The number of rotatable bonds is 2. The summed E-state index contributed by atoms with van der Waals surface area (Å²) >= 11 is 3.05. The molecule has 1 aromatic heterocycles. The van der Waals surface area contributed by atoms with E-state index in [4.69, 9.17) is 15.4 Å². The fourth-order valence-corrected chi connectivity index (χ4v) is 2.86. The van der Waals surface area contributed by atoms with Crippen LogP contribution in [-0.4, -0.2) is 20.5 Å². The molecule has 0 aliphatic rings. The highest BCUT2D eigenvalue weighted by molar-refractivity contribution is 9.10. The molecule has 4 nitrogen and oxygen atoms in total. The highest BCUT2D eigenvalue weighted by Gasteiger charge is 2.17. The maximum Gasteiger partial charge on any atom is 0.264 e. The smallest absolute Gasteiger partial charge is 0.264 e. The summed E-state index contributed by atoms with van der Waals surface area (Å²) in [6.45, 7) is 0. The van der Waals surface area contributed by atoms with Gasteiger partial charge in [-0.05, 0) is 15.9 Å². The minimum absolute atomic E-state index is 0.103. The maximum atomic E-state index is 11.0. The topological polar surface area (TPSA) is 56.3 Å². The lowest BCUT2D eigenvalue weighted by atomic mass is 10.5. The van der Waals surface area contributed by atoms with Crippen LogP contribution in [0.5, 0.6) is 5.75 Å². The van der Waals surface area contributed by atoms with Gasteiger partial charge in [-0.25, -0.2) is 8.42 Å². The first-order valence-corrected chi connectivity index (χ1v) is 6.19. The minimum Gasteiger partial charge on any atom is -0.494 e. The van der Waals surface area contributed by atoms with E-state index >= 15 is 0 Å². The first-order valence-electron chi connectivity index (χ1n) is 3.09. The fourth-order valence-electron chi connectivity index (χ4n) is 0.720. The number of methoxy groups -OCH3 is 1. The Morgan fingerprint density at radius 2 is 2.15 bits per heavy atom. The van der Waals surface area contributed by atoms with Gasteiger partial charge in [0, 0.05) is 16.9 Å². The lowest BCUT2D eigenvalue weighted by Crippen LogP contribution is -1.96. The van der Waals surface area contributed by atoms with Crippen LogP contribution in [0.1, 0.15) is 0 Å². The van der Waals surface area contributed by atoms with Crippen molar-refractivity contribution in [2.24, 2.45) is 0 Å². The number of hydrogen-bond acceptors (Lipinski definition) is 4. The van der Waals surface area contributed by atoms with Crippen LogP contribution >= 0.6 is 26.6 Å². The fraction of sp³-hybridized carbons (Fsp3) is 0.167. The molecule has 0 saturated carbocycles. The second-order valence-electron chi connectivity index (χ2n) is 2.09. The van der Waals surface area contributed by atoms with Crippen LogP contribution in [-0.2, 0) is 9.05 Å². The molecule has 0 bridgehead atoms. The summed E-state index contributed by atoms with van der Waals surface area (Å²) in [5, 5.41) is 0. The number of halogens is 2. The standard InChI is InChI=1S/C6H5BrClNO3S/c1-12-4-2-9-3-5(6(4)7)13(8,10)11/h2-3H,1H3. The van der Waals surface area contributed by atoms with Crippen molar-refractivity contribution in [3.63, 3.8) is 0 Å². The normalized spacial score (nSPS) is 11.3. The largest absolute Gasteiger partial charge is 0.494 e. The average Bonchev–Trinajstić information content (AvgIpc) is 2.02. The van der Waals surface area contributed by atoms with Gasteiger partial charge in [0.15, 0.2) is 5.75 Å². The molecule has 0 saturated heterocycles. The van der Waals surface area contributed by atoms with E-state index in [9.17, 15) is 8.42 Å². The molecule has 1 rings (SSSR count). The van der Waals surface area contributed by atoms with E-state index < -0.39 is 9.05 Å². The lowest BCUT2D eigenvalue weighted by molar-refractivity contribution is 0.408. The number of ether oxygens (including phenoxy) is 1. The van der Waals surface area contributed by atoms with Gasteiger partial charge >= 0.3 is 0 Å². The SMILES string of the molecule is COc1cncc(S(=O)(=O)Cl)c1Br. The summed E-state index contributed by atoms with van der Waals surface area (Å²) in [5.74, 6) is 0.321. The minimum atomic E-state index is -3.78. The summed E-state index contributed by atoms with van der Waals surface area (Å²) in [6.07, 6.45) is 2.53. The second-order valence-corrected chi connectivity index (χ2v) is 5.42. The van der Waals surface area contributed by atoms with E-state index in [0.29, 0.717) is 5.75 Å². The molecule has 0 aromatic carbocycles. The summed E-state index contributed by atoms with van der Waals surface area (Å²) in [6, 6.07) is 0. The molecule has 7 heteroatoms. The first-order chi connectivity index (χ1) is 5.96. The molecule has 0 spiro atoms. The molecule has 0 unspecified atom stereocenters. The van der Waals surface area contributed by atoms with Crippen LogP contribution in [0, 0.1) is 0 Å². The lowest BCUT2D eigenvalue weighted by Gasteiger charge is -2.04. The van der Waals surface area contributed by atoms with Gasteiger partial charge < -0.3 is 4.74 Å². The van der Waals surface area contributed by atoms with Gasteiger partial charge in [-0.3, -0.25) is 4.98 Å². The molecule has 1 heterocycles. The Morgan fingerprint density at radius 1 is 1.54 bits per heavy atom. The van der Waals surface area contributed by atoms with E-state index in [1.165, 1.54) is 13.3 Å². The number of aromatic nitrogens is 1. The van der Waals surface area contributed by atoms with E-state index in [0.717, 1.165) is 6.20 Å². The van der Waals surface area contributed by atoms with Gasteiger partial charge in [0.2, 0.25) is 0 Å². The molecule has 0 radical (unpaired) electrons. The Kier molecular flexibility index (Phi) is 3.15. The van der Waals surface area contributed by atoms with Gasteiger partial charge in [-0.2, -0.15) is 0 Å². The molecule has 1 aromatic rings. The third-order valence-electron chi connectivity index (χ3n) is 1.30. The van der Waals surface area contributed by atoms with Crippen molar-refractivity contribution in [1.29, 1.82) is 0 Å². The van der Waals surface area contributed by atoms with Crippen molar-refractivity contribution in [3.05, 3.63) is 16.9 Å². The summed E-state index contributed by atoms with van der Waals surface area (Å²) < 4.78 is 27.0. The second kappa shape index (κ2) is 3.81. The first kappa shape index (κ1) is 10.7. The molecule has 0 atom stereocenters. The zero-order chi connectivity index (χ0) is 10.1. The van der Waals surface area contributed by atoms with Crippen LogP contribution in [0.4, 0.5) is 0 Å². The third kappa shape index (κ3) is 2.32. The van der Waals surface area contributed by atoms with Crippen molar-refractivity contribution in [2.75, 3.05) is 7.11 Å². The van der Waals surface area contributed by atoms with Crippen LogP contribution in [0.25, 0.3) is 0 Å². The van der Waals surface area contributed by atoms with Gasteiger partial charge in [-0.15, -0.1) is 0 Å². The third-order valence-corrected chi connectivity index (χ3v) is 3.71. The summed E-state index contributed by atoms with van der Waals surface area (Å²) in [5.41, 5.74) is 0. The van der Waals surface area contributed by atoms with Crippen LogP contribution in [0.15, 0.2) is 21.8 Å². The molecule has 0 N–H and O–H groups in total. The number of hydrogen-bond donors (Lipinski definition) is 0. The molecule has 0 fully saturated rings. The summed E-state index contributed by atoms with van der Waals surface area (Å²) in [7, 11) is 2.77. The zero-order valence-electron chi connectivity index (χ0n) is 6.49. The van der Waals surface area contributed by atoms with E-state index in [1.807, 2.05) is 0 Å². The predicted octanol–water partition coefficient (Wildman–Crippen LogP) is 1.78. The Morgan fingerprint density at radius 3 is 2.62 bits per heavy atom. The summed E-state index contributed by atoms with van der Waals surface area (Å²) in [4.78, 5) is 3.56. The molecular formula is C6H5BrClNO3S. The van der Waals surface area contributed by atoms with Crippen LogP contribution in [0.2, 0.25) is 0 Å². The Balaban J connectivity index is 3.41. The van der Waals surface area contributed by atoms with Crippen LogP contribution < -0.4 is 4.74 Å². The van der Waals surface area contributed by atoms with E-state index in [1.54, 1.807) is 0 Å². The van der Waals surface area contributed by atoms with Gasteiger partial charge in [-0.1, -0.05) is 0 Å². The van der Waals surface area contributed by atoms with Crippen molar-refractivity contribution < 1.29 is 13.2 Å². The van der Waals surface area contributed by atoms with Crippen molar-refractivity contribution in [2.45, 2.75) is 4.90 Å². The van der Waals surface area contributed by atoms with Crippen LogP contribution in [0.3, 0.4) is 0 Å². The molecule has 13 heavy (non-hydrogen) atoms. The van der Waals surface area contributed by atoms with Crippen molar-refractivity contribution in [3.8, 4) is 5.75 Å². The van der Waals surface area contributed by atoms with Gasteiger partial charge in [0.1, 0.15) is 4.90 Å². The Bertz CT molecular complexity index is 420. The maximum absolute atomic E-state index is 11.0. The number of pyridine rings is 1. The Hall–Kier alpha value is -0.330. The van der Waals surface area contributed by atoms with Gasteiger partial charge in [0.05, 0.1) is 17.8 Å². The van der Waals surface area contributed by atoms with Gasteiger partial charge in [0.25, 0.3) is 9.05 Å². The molecular weight excluding hydrogens is 281 g/mol. The number of nitrogens with zero attached hydrogens (tertiary/aromatic N) is 1. The van der Waals surface area contributed by atoms with E-state index in [-0.39, 0.29) is 9.37 Å². The van der Waals surface area contributed by atoms with Crippen molar-refractivity contribution >= 4 is 35.7 Å².